The molecule has 3 fully saturated rings. The molecular weight excluding hydrogens is 186 g/mol. The fourth-order valence-electron chi connectivity index (χ4n) is 3.80. The van der Waals surface area contributed by atoms with E-state index < -0.39 is 0 Å². The lowest BCUT2D eigenvalue weighted by Gasteiger charge is -2.37. The van der Waals surface area contributed by atoms with E-state index in [4.69, 9.17) is 0 Å². The first-order valence-corrected chi connectivity index (χ1v) is 6.27. The molecule has 3 rings (SSSR count). The molecule has 0 aliphatic carbocycles. The van der Waals surface area contributed by atoms with Gasteiger partial charge in [-0.3, -0.25) is 9.80 Å². The second-order valence-electron chi connectivity index (χ2n) is 5.17. The van der Waals surface area contributed by atoms with Crippen LogP contribution in [0, 0.1) is 11.3 Å². The second-order valence-corrected chi connectivity index (χ2v) is 5.17. The third-order valence-corrected chi connectivity index (χ3v) is 4.56. The first kappa shape index (κ1) is 9.62. The molecule has 2 unspecified atom stereocenters. The van der Waals surface area contributed by atoms with E-state index in [9.17, 15) is 5.26 Å². The SMILES string of the molecule is N#CC1(N2CCCC2)CCN2CCCC21. The van der Waals surface area contributed by atoms with Crippen molar-refractivity contribution in [2.75, 3.05) is 26.2 Å². The Morgan fingerprint density at radius 1 is 1.07 bits per heavy atom. The lowest BCUT2D eigenvalue weighted by atomic mass is 9.88. The van der Waals surface area contributed by atoms with Crippen LogP contribution in [0.3, 0.4) is 0 Å². The van der Waals surface area contributed by atoms with Gasteiger partial charge < -0.3 is 0 Å². The Labute approximate surface area is 91.6 Å². The minimum absolute atomic E-state index is 0.118. The van der Waals surface area contributed by atoms with Gasteiger partial charge in [-0.2, -0.15) is 5.26 Å². The Bertz CT molecular complexity index is 290. The average Bonchev–Trinajstić information content (AvgIpc) is 2.95. The molecule has 0 saturated carbocycles. The zero-order valence-corrected chi connectivity index (χ0v) is 9.28. The minimum Gasteiger partial charge on any atom is -0.297 e. The summed E-state index contributed by atoms with van der Waals surface area (Å²) >= 11 is 0. The van der Waals surface area contributed by atoms with Crippen molar-refractivity contribution in [2.45, 2.75) is 43.7 Å². The van der Waals surface area contributed by atoms with Crippen molar-refractivity contribution >= 4 is 0 Å². The van der Waals surface area contributed by atoms with Gasteiger partial charge in [-0.1, -0.05) is 0 Å². The molecule has 3 heterocycles. The predicted molar refractivity (Wildman–Crippen MR) is 58.4 cm³/mol. The molecule has 3 heteroatoms. The zero-order valence-electron chi connectivity index (χ0n) is 9.28. The predicted octanol–water partition coefficient (Wildman–Crippen LogP) is 1.21. The van der Waals surface area contributed by atoms with Gasteiger partial charge in [-0.25, -0.2) is 0 Å². The van der Waals surface area contributed by atoms with Gasteiger partial charge in [0.1, 0.15) is 5.54 Å². The highest BCUT2D eigenvalue weighted by atomic mass is 15.3. The van der Waals surface area contributed by atoms with Gasteiger partial charge in [-0.05, 0) is 51.7 Å². The van der Waals surface area contributed by atoms with Crippen molar-refractivity contribution in [2.24, 2.45) is 0 Å². The van der Waals surface area contributed by atoms with Crippen molar-refractivity contribution in [1.29, 1.82) is 5.26 Å². The molecule has 82 valence electrons. The molecule has 0 aromatic carbocycles. The maximum absolute atomic E-state index is 9.61. The molecule has 3 nitrogen and oxygen atoms in total. The standard InChI is InChI=1S/C12H19N3/c13-10-12(15-7-1-2-8-15)5-9-14-6-3-4-11(12)14/h11H,1-9H2. The number of nitriles is 1. The fraction of sp³-hybridized carbons (Fsp3) is 0.917. The molecule has 0 aromatic heterocycles. The number of rotatable bonds is 1. The molecule has 15 heavy (non-hydrogen) atoms. The molecule has 2 atom stereocenters. The molecule has 3 aliphatic rings. The van der Waals surface area contributed by atoms with E-state index >= 15 is 0 Å². The van der Waals surface area contributed by atoms with E-state index in [1.807, 2.05) is 0 Å². The maximum Gasteiger partial charge on any atom is 0.126 e. The molecule has 0 spiro atoms. The lowest BCUT2D eigenvalue weighted by Crippen LogP contribution is -2.53. The summed E-state index contributed by atoms with van der Waals surface area (Å²) in [6.45, 7) is 4.67. The molecule has 0 radical (unpaired) electrons. The quantitative estimate of drug-likeness (QED) is 0.644. The summed E-state index contributed by atoms with van der Waals surface area (Å²) in [5, 5.41) is 9.61. The summed E-state index contributed by atoms with van der Waals surface area (Å²) in [4.78, 5) is 5.02. The van der Waals surface area contributed by atoms with E-state index in [1.54, 1.807) is 0 Å². The first-order chi connectivity index (χ1) is 7.37. The number of hydrogen-bond acceptors (Lipinski definition) is 3. The Hall–Kier alpha value is -0.590. The summed E-state index contributed by atoms with van der Waals surface area (Å²) in [6.07, 6.45) is 6.19. The van der Waals surface area contributed by atoms with Gasteiger partial charge in [0.25, 0.3) is 0 Å². The molecular formula is C12H19N3. The highest BCUT2D eigenvalue weighted by molar-refractivity contribution is 5.21. The van der Waals surface area contributed by atoms with Crippen LogP contribution in [0.15, 0.2) is 0 Å². The van der Waals surface area contributed by atoms with Crippen molar-refractivity contribution in [1.82, 2.24) is 9.80 Å². The Balaban J connectivity index is 1.89. The Morgan fingerprint density at radius 2 is 1.87 bits per heavy atom. The normalized spacial score (nSPS) is 41.9. The van der Waals surface area contributed by atoms with E-state index in [0.717, 1.165) is 26.1 Å². The van der Waals surface area contributed by atoms with Crippen molar-refractivity contribution in [3.8, 4) is 6.07 Å². The number of likely N-dealkylation sites (tertiary alicyclic amines) is 1. The highest BCUT2D eigenvalue weighted by Crippen LogP contribution is 2.41. The van der Waals surface area contributed by atoms with Gasteiger partial charge in [0.2, 0.25) is 0 Å². The molecule has 3 saturated heterocycles. The van der Waals surface area contributed by atoms with Gasteiger partial charge in [0.05, 0.1) is 6.07 Å². The van der Waals surface area contributed by atoms with E-state index in [0.29, 0.717) is 6.04 Å². The van der Waals surface area contributed by atoms with Gasteiger partial charge in [0.15, 0.2) is 0 Å². The van der Waals surface area contributed by atoms with E-state index in [-0.39, 0.29) is 5.54 Å². The largest absolute Gasteiger partial charge is 0.297 e. The Morgan fingerprint density at radius 3 is 2.60 bits per heavy atom. The van der Waals surface area contributed by atoms with E-state index in [2.05, 4.69) is 15.9 Å². The maximum atomic E-state index is 9.61. The van der Waals surface area contributed by atoms with Crippen molar-refractivity contribution in [3.63, 3.8) is 0 Å². The van der Waals surface area contributed by atoms with Gasteiger partial charge in [-0.15, -0.1) is 0 Å². The topological polar surface area (TPSA) is 30.3 Å². The molecule has 0 amide bonds. The minimum atomic E-state index is -0.118. The highest BCUT2D eigenvalue weighted by Gasteiger charge is 2.53. The molecule has 3 aliphatic heterocycles. The number of fused-ring (bicyclic) bond motifs is 1. The average molecular weight is 205 g/mol. The van der Waals surface area contributed by atoms with Crippen LogP contribution in [0.1, 0.15) is 32.1 Å². The lowest BCUT2D eigenvalue weighted by molar-refractivity contribution is 0.132. The smallest absolute Gasteiger partial charge is 0.126 e. The summed E-state index contributed by atoms with van der Waals surface area (Å²) in [5.41, 5.74) is -0.118. The first-order valence-electron chi connectivity index (χ1n) is 6.27. The number of hydrogen-bond donors (Lipinski definition) is 0. The van der Waals surface area contributed by atoms with Crippen molar-refractivity contribution < 1.29 is 0 Å². The third-order valence-electron chi connectivity index (χ3n) is 4.56. The monoisotopic (exact) mass is 205 g/mol. The van der Waals surface area contributed by atoms with Gasteiger partial charge in [0, 0.05) is 12.6 Å². The second kappa shape index (κ2) is 3.47. The number of nitrogens with zero attached hydrogens (tertiary/aromatic N) is 3. The van der Waals surface area contributed by atoms with Crippen LogP contribution >= 0.6 is 0 Å². The Kier molecular flexibility index (Phi) is 2.22. The van der Waals surface area contributed by atoms with Crippen LogP contribution in [0.25, 0.3) is 0 Å². The molecule has 0 aromatic rings. The van der Waals surface area contributed by atoms with Gasteiger partial charge >= 0.3 is 0 Å². The zero-order chi connectivity index (χ0) is 10.3. The van der Waals surface area contributed by atoms with Crippen LogP contribution in [-0.4, -0.2) is 47.6 Å². The summed E-state index contributed by atoms with van der Waals surface area (Å²) in [5.74, 6) is 0. The third kappa shape index (κ3) is 1.25. The van der Waals surface area contributed by atoms with E-state index in [1.165, 1.54) is 32.2 Å². The molecule has 0 N–H and O–H groups in total. The van der Waals surface area contributed by atoms with Crippen LogP contribution in [0.5, 0.6) is 0 Å². The summed E-state index contributed by atoms with van der Waals surface area (Å²) in [7, 11) is 0. The van der Waals surface area contributed by atoms with Crippen LogP contribution in [0.4, 0.5) is 0 Å². The fourth-order valence-corrected chi connectivity index (χ4v) is 3.80. The summed E-state index contributed by atoms with van der Waals surface area (Å²) < 4.78 is 0. The van der Waals surface area contributed by atoms with Crippen molar-refractivity contribution in [3.05, 3.63) is 0 Å². The molecule has 0 bridgehead atoms. The van der Waals surface area contributed by atoms with Crippen LogP contribution < -0.4 is 0 Å². The summed E-state index contributed by atoms with van der Waals surface area (Å²) in [6, 6.07) is 3.22. The van der Waals surface area contributed by atoms with Crippen LogP contribution in [0.2, 0.25) is 0 Å². The van der Waals surface area contributed by atoms with Crippen LogP contribution in [-0.2, 0) is 0 Å².